The van der Waals surface area contributed by atoms with Crippen LogP contribution in [0.2, 0.25) is 0 Å². The quantitative estimate of drug-likeness (QED) is 0.842. The number of carboxylic acids is 2. The molecule has 1 atom stereocenters. The van der Waals surface area contributed by atoms with Crippen molar-refractivity contribution in [1.82, 2.24) is 4.90 Å². The van der Waals surface area contributed by atoms with Crippen LogP contribution < -0.4 is 0 Å². The van der Waals surface area contributed by atoms with Crippen molar-refractivity contribution >= 4 is 11.9 Å². The van der Waals surface area contributed by atoms with Crippen LogP contribution in [-0.2, 0) is 16.0 Å². The highest BCUT2D eigenvalue weighted by Gasteiger charge is 2.28. The smallest absolute Gasteiger partial charge is 0.317 e. The Balaban J connectivity index is 2.26. The van der Waals surface area contributed by atoms with Gasteiger partial charge >= 0.3 is 11.9 Å². The predicted molar refractivity (Wildman–Crippen MR) is 69.0 cm³/mol. The molecular formula is C14H17NO4. The summed E-state index contributed by atoms with van der Waals surface area (Å²) in [5.74, 6) is -1.99. The molecule has 102 valence electrons. The lowest BCUT2D eigenvalue weighted by Gasteiger charge is -2.33. The zero-order chi connectivity index (χ0) is 13.8. The van der Waals surface area contributed by atoms with Crippen molar-refractivity contribution in [2.45, 2.75) is 25.3 Å². The number of aryl methyl sites for hydroxylation is 1. The van der Waals surface area contributed by atoms with Crippen molar-refractivity contribution in [2.24, 2.45) is 0 Å². The fourth-order valence-electron chi connectivity index (χ4n) is 2.73. The van der Waals surface area contributed by atoms with Gasteiger partial charge in [-0.05, 0) is 30.4 Å². The minimum atomic E-state index is -0.996. The van der Waals surface area contributed by atoms with Gasteiger partial charge in [-0.15, -0.1) is 0 Å². The molecule has 0 heterocycles. The maximum Gasteiger partial charge on any atom is 0.317 e. The molecule has 0 saturated carbocycles. The number of carboxylic acid groups (broad SMARTS) is 2. The number of hydrogen-bond acceptors (Lipinski definition) is 3. The third-order valence-electron chi connectivity index (χ3n) is 3.46. The molecule has 0 saturated heterocycles. The topological polar surface area (TPSA) is 77.8 Å². The van der Waals surface area contributed by atoms with E-state index in [1.807, 2.05) is 24.3 Å². The highest BCUT2D eigenvalue weighted by atomic mass is 16.4. The molecule has 1 aliphatic carbocycles. The predicted octanol–water partition coefficient (Wildman–Crippen LogP) is 1.54. The summed E-state index contributed by atoms with van der Waals surface area (Å²) in [6.07, 6.45) is 2.73. The van der Waals surface area contributed by atoms with E-state index in [2.05, 4.69) is 0 Å². The van der Waals surface area contributed by atoms with E-state index in [1.54, 1.807) is 0 Å². The molecule has 2 N–H and O–H groups in total. The third kappa shape index (κ3) is 3.32. The van der Waals surface area contributed by atoms with E-state index in [0.717, 1.165) is 24.8 Å². The Morgan fingerprint density at radius 1 is 1.16 bits per heavy atom. The van der Waals surface area contributed by atoms with E-state index >= 15 is 0 Å². The molecule has 5 heteroatoms. The first-order valence-electron chi connectivity index (χ1n) is 6.33. The molecular weight excluding hydrogens is 246 g/mol. The normalized spacial score (nSPS) is 18.1. The van der Waals surface area contributed by atoms with Gasteiger partial charge in [0.25, 0.3) is 0 Å². The fraction of sp³-hybridized carbons (Fsp3) is 0.429. The molecule has 1 aromatic rings. The maximum absolute atomic E-state index is 10.9. The van der Waals surface area contributed by atoms with Crippen molar-refractivity contribution < 1.29 is 19.8 Å². The molecule has 0 spiro atoms. The number of hydrogen-bond donors (Lipinski definition) is 2. The molecule has 0 aliphatic heterocycles. The summed E-state index contributed by atoms with van der Waals surface area (Å²) in [5.41, 5.74) is 2.26. The number of aliphatic carboxylic acids is 2. The Morgan fingerprint density at radius 2 is 1.79 bits per heavy atom. The summed E-state index contributed by atoms with van der Waals surface area (Å²) < 4.78 is 0. The lowest BCUT2D eigenvalue weighted by atomic mass is 9.87. The minimum Gasteiger partial charge on any atom is -0.480 e. The standard InChI is InChI=1S/C14H17NO4/c16-13(17)8-15(9-14(18)19)12-7-3-5-10-4-1-2-6-11(10)12/h1-2,4,6,12H,3,5,7-9H2,(H,16,17)(H,18,19). The van der Waals surface area contributed by atoms with Crippen molar-refractivity contribution in [3.63, 3.8) is 0 Å². The van der Waals surface area contributed by atoms with Crippen LogP contribution in [0.1, 0.15) is 30.0 Å². The van der Waals surface area contributed by atoms with Crippen LogP contribution in [0.25, 0.3) is 0 Å². The molecule has 0 amide bonds. The van der Waals surface area contributed by atoms with Gasteiger partial charge in [0.2, 0.25) is 0 Å². The van der Waals surface area contributed by atoms with Crippen LogP contribution in [-0.4, -0.2) is 40.1 Å². The summed E-state index contributed by atoms with van der Waals surface area (Å²) in [6, 6.07) is 7.76. The second kappa shape index (κ2) is 5.84. The van der Waals surface area contributed by atoms with Crippen LogP contribution in [0, 0.1) is 0 Å². The van der Waals surface area contributed by atoms with E-state index < -0.39 is 11.9 Å². The van der Waals surface area contributed by atoms with Crippen LogP contribution in [0.15, 0.2) is 24.3 Å². The molecule has 2 rings (SSSR count). The minimum absolute atomic E-state index is 0.114. The Hall–Kier alpha value is -1.88. The van der Waals surface area contributed by atoms with Crippen molar-refractivity contribution in [3.05, 3.63) is 35.4 Å². The zero-order valence-electron chi connectivity index (χ0n) is 10.6. The summed E-state index contributed by atoms with van der Waals surface area (Å²) in [6.45, 7) is -0.489. The largest absolute Gasteiger partial charge is 0.480 e. The van der Waals surface area contributed by atoms with E-state index in [0.29, 0.717) is 0 Å². The molecule has 19 heavy (non-hydrogen) atoms. The van der Waals surface area contributed by atoms with Crippen molar-refractivity contribution in [3.8, 4) is 0 Å². The van der Waals surface area contributed by atoms with Crippen molar-refractivity contribution in [2.75, 3.05) is 13.1 Å². The zero-order valence-corrected chi connectivity index (χ0v) is 10.6. The molecule has 0 bridgehead atoms. The molecule has 1 aliphatic rings. The molecule has 0 aromatic heterocycles. The lowest BCUT2D eigenvalue weighted by molar-refractivity contribution is -0.143. The van der Waals surface area contributed by atoms with E-state index in [-0.39, 0.29) is 19.1 Å². The van der Waals surface area contributed by atoms with Crippen LogP contribution in [0.3, 0.4) is 0 Å². The summed E-state index contributed by atoms with van der Waals surface area (Å²) >= 11 is 0. The molecule has 5 nitrogen and oxygen atoms in total. The number of nitrogens with zero attached hydrogens (tertiary/aromatic N) is 1. The van der Waals surface area contributed by atoms with Gasteiger partial charge in [-0.2, -0.15) is 0 Å². The monoisotopic (exact) mass is 263 g/mol. The van der Waals surface area contributed by atoms with Gasteiger partial charge in [0.1, 0.15) is 0 Å². The number of benzene rings is 1. The Kier molecular flexibility index (Phi) is 4.16. The summed E-state index contributed by atoms with van der Waals surface area (Å²) in [4.78, 5) is 23.4. The van der Waals surface area contributed by atoms with Crippen LogP contribution in [0.5, 0.6) is 0 Å². The van der Waals surface area contributed by atoms with Gasteiger partial charge in [-0.3, -0.25) is 14.5 Å². The second-order valence-corrected chi connectivity index (χ2v) is 4.80. The lowest BCUT2D eigenvalue weighted by Crippen LogP contribution is -2.39. The first-order chi connectivity index (χ1) is 9.08. The summed E-state index contributed by atoms with van der Waals surface area (Å²) in [7, 11) is 0. The summed E-state index contributed by atoms with van der Waals surface area (Å²) in [5, 5.41) is 17.9. The maximum atomic E-state index is 10.9. The Morgan fingerprint density at radius 3 is 2.42 bits per heavy atom. The fourth-order valence-corrected chi connectivity index (χ4v) is 2.73. The van der Waals surface area contributed by atoms with Crippen LogP contribution in [0.4, 0.5) is 0 Å². The first kappa shape index (κ1) is 13.5. The van der Waals surface area contributed by atoms with Gasteiger partial charge in [-0.25, -0.2) is 0 Å². The molecule has 1 aromatic carbocycles. The van der Waals surface area contributed by atoms with E-state index in [4.69, 9.17) is 10.2 Å². The highest BCUT2D eigenvalue weighted by Crippen LogP contribution is 2.33. The molecule has 0 fully saturated rings. The van der Waals surface area contributed by atoms with Gasteiger partial charge in [-0.1, -0.05) is 24.3 Å². The third-order valence-corrected chi connectivity index (χ3v) is 3.46. The van der Waals surface area contributed by atoms with Crippen LogP contribution >= 0.6 is 0 Å². The van der Waals surface area contributed by atoms with Gasteiger partial charge in [0.05, 0.1) is 13.1 Å². The molecule has 1 unspecified atom stereocenters. The Bertz CT molecular complexity index is 470. The SMILES string of the molecule is O=C(O)CN(CC(=O)O)C1CCCc2ccccc21. The van der Waals surface area contributed by atoms with Crippen molar-refractivity contribution in [1.29, 1.82) is 0 Å². The number of fused-ring (bicyclic) bond motifs is 1. The number of rotatable bonds is 5. The highest BCUT2D eigenvalue weighted by molar-refractivity contribution is 5.72. The average molecular weight is 263 g/mol. The Labute approximate surface area is 111 Å². The molecule has 0 radical (unpaired) electrons. The first-order valence-corrected chi connectivity index (χ1v) is 6.33. The van der Waals surface area contributed by atoms with E-state index in [9.17, 15) is 9.59 Å². The van der Waals surface area contributed by atoms with Gasteiger partial charge < -0.3 is 10.2 Å². The van der Waals surface area contributed by atoms with Gasteiger partial charge in [0.15, 0.2) is 0 Å². The number of carbonyl (C=O) groups is 2. The second-order valence-electron chi connectivity index (χ2n) is 4.80. The average Bonchev–Trinajstić information content (AvgIpc) is 2.36. The van der Waals surface area contributed by atoms with Gasteiger partial charge in [0, 0.05) is 6.04 Å². The van der Waals surface area contributed by atoms with E-state index in [1.165, 1.54) is 10.5 Å².